The summed E-state index contributed by atoms with van der Waals surface area (Å²) in [7, 11) is 0. The summed E-state index contributed by atoms with van der Waals surface area (Å²) in [6.45, 7) is 4.18. The van der Waals surface area contributed by atoms with Gasteiger partial charge in [0.1, 0.15) is 18.0 Å². The Hall–Kier alpha value is -4.99. The second kappa shape index (κ2) is 12.0. The highest BCUT2D eigenvalue weighted by atomic mass is 19.1. The van der Waals surface area contributed by atoms with E-state index in [1.807, 2.05) is 0 Å². The van der Waals surface area contributed by atoms with Crippen molar-refractivity contribution in [2.75, 3.05) is 18.1 Å². The molecule has 39 heavy (non-hydrogen) atoms. The van der Waals surface area contributed by atoms with Gasteiger partial charge >= 0.3 is 12.0 Å². The Bertz CT molecular complexity index is 1430. The summed E-state index contributed by atoms with van der Waals surface area (Å²) >= 11 is 0. The summed E-state index contributed by atoms with van der Waals surface area (Å²) in [6, 6.07) is 15.5. The first-order valence-electron chi connectivity index (χ1n) is 12.1. The fraction of sp³-hybridized carbons (Fsp3) is 0.172. The molecular weight excluding hydrogens is 507 g/mol. The predicted octanol–water partition coefficient (Wildman–Crippen LogP) is 4.65. The molecule has 0 radical (unpaired) electrons. The van der Waals surface area contributed by atoms with Crippen molar-refractivity contribution in [3.8, 4) is 11.5 Å². The van der Waals surface area contributed by atoms with Gasteiger partial charge in [-0.25, -0.2) is 18.9 Å². The molecule has 3 aromatic carbocycles. The number of nitrogens with zero attached hydrogens (tertiary/aromatic N) is 1. The zero-order valence-electron chi connectivity index (χ0n) is 21.2. The molecule has 1 aliphatic heterocycles. The molecule has 4 amide bonds. The van der Waals surface area contributed by atoms with Crippen molar-refractivity contribution in [3.05, 3.63) is 94.8 Å². The molecule has 3 aromatic rings. The molecule has 9 nitrogen and oxygen atoms in total. The number of esters is 1. The Balaban J connectivity index is 1.58. The maximum absolute atomic E-state index is 13.2. The minimum absolute atomic E-state index is 0.170. The van der Waals surface area contributed by atoms with Gasteiger partial charge in [-0.1, -0.05) is 18.2 Å². The van der Waals surface area contributed by atoms with Crippen LogP contribution in [0.4, 0.5) is 14.9 Å². The van der Waals surface area contributed by atoms with Gasteiger partial charge in [0, 0.05) is 0 Å². The molecule has 0 saturated carbocycles. The van der Waals surface area contributed by atoms with Gasteiger partial charge in [0.25, 0.3) is 11.8 Å². The first-order valence-corrected chi connectivity index (χ1v) is 12.1. The van der Waals surface area contributed by atoms with Gasteiger partial charge in [0.15, 0.2) is 11.5 Å². The lowest BCUT2D eigenvalue weighted by molar-refractivity contribution is -0.122. The Labute approximate surface area is 223 Å². The summed E-state index contributed by atoms with van der Waals surface area (Å²) in [5, 5.41) is 2.16. The normalized spacial score (nSPS) is 14.3. The van der Waals surface area contributed by atoms with Crippen LogP contribution in [0.5, 0.6) is 11.5 Å². The van der Waals surface area contributed by atoms with Gasteiger partial charge in [0.2, 0.25) is 0 Å². The highest BCUT2D eigenvalue weighted by molar-refractivity contribution is 6.39. The number of rotatable bonds is 9. The lowest BCUT2D eigenvalue weighted by Crippen LogP contribution is -2.54. The maximum atomic E-state index is 13.2. The minimum atomic E-state index is -0.911. The van der Waals surface area contributed by atoms with Crippen LogP contribution in [0.25, 0.3) is 6.08 Å². The summed E-state index contributed by atoms with van der Waals surface area (Å²) < 4.78 is 29.6. The van der Waals surface area contributed by atoms with Crippen LogP contribution >= 0.6 is 0 Å². The summed E-state index contributed by atoms with van der Waals surface area (Å²) in [4.78, 5) is 51.1. The number of imide groups is 2. The van der Waals surface area contributed by atoms with Crippen LogP contribution in [0.3, 0.4) is 0 Å². The summed E-state index contributed by atoms with van der Waals surface area (Å²) in [5.41, 5.74) is 1.37. The summed E-state index contributed by atoms with van der Waals surface area (Å²) in [6.07, 6.45) is 1.34. The molecule has 0 bridgehead atoms. The van der Waals surface area contributed by atoms with Crippen molar-refractivity contribution in [3.63, 3.8) is 0 Å². The lowest BCUT2D eigenvalue weighted by Gasteiger charge is -2.26. The van der Waals surface area contributed by atoms with Crippen LogP contribution in [0.1, 0.15) is 35.3 Å². The quantitative estimate of drug-likeness (QED) is 0.243. The molecule has 0 aromatic heterocycles. The van der Waals surface area contributed by atoms with Gasteiger partial charge in [-0.3, -0.25) is 14.9 Å². The van der Waals surface area contributed by atoms with E-state index in [0.717, 1.165) is 10.5 Å². The smallest absolute Gasteiger partial charge is 0.338 e. The van der Waals surface area contributed by atoms with E-state index in [1.54, 1.807) is 44.2 Å². The van der Waals surface area contributed by atoms with E-state index >= 15 is 0 Å². The number of amides is 4. The average molecular weight is 533 g/mol. The topological polar surface area (TPSA) is 111 Å². The largest absolute Gasteiger partial charge is 0.490 e. The fourth-order valence-electron chi connectivity index (χ4n) is 3.76. The van der Waals surface area contributed by atoms with Crippen LogP contribution in [-0.4, -0.2) is 37.0 Å². The minimum Gasteiger partial charge on any atom is -0.490 e. The van der Waals surface area contributed by atoms with Crippen molar-refractivity contribution in [1.82, 2.24) is 5.32 Å². The third kappa shape index (κ3) is 6.30. The first kappa shape index (κ1) is 27.1. The van der Waals surface area contributed by atoms with E-state index < -0.39 is 23.8 Å². The van der Waals surface area contributed by atoms with Crippen molar-refractivity contribution in [2.45, 2.75) is 20.5 Å². The number of ether oxygens (including phenoxy) is 3. The number of hydrogen-bond donors (Lipinski definition) is 1. The molecule has 1 fully saturated rings. The first-order chi connectivity index (χ1) is 18.8. The maximum Gasteiger partial charge on any atom is 0.338 e. The van der Waals surface area contributed by atoms with E-state index in [9.17, 15) is 23.6 Å². The van der Waals surface area contributed by atoms with E-state index in [1.165, 1.54) is 42.5 Å². The Morgan fingerprint density at radius 1 is 0.897 bits per heavy atom. The number of benzene rings is 3. The van der Waals surface area contributed by atoms with Gasteiger partial charge in [-0.05, 0) is 79.6 Å². The van der Waals surface area contributed by atoms with Gasteiger partial charge in [0.05, 0.1) is 24.5 Å². The molecule has 1 N–H and O–H groups in total. The lowest BCUT2D eigenvalue weighted by atomic mass is 10.1. The average Bonchev–Trinajstić information content (AvgIpc) is 2.92. The second-order valence-electron chi connectivity index (χ2n) is 8.28. The molecule has 1 aliphatic rings. The van der Waals surface area contributed by atoms with Crippen LogP contribution in [0.15, 0.2) is 72.3 Å². The predicted molar refractivity (Wildman–Crippen MR) is 140 cm³/mol. The zero-order valence-corrected chi connectivity index (χ0v) is 21.2. The molecule has 0 unspecified atom stereocenters. The third-order valence-corrected chi connectivity index (χ3v) is 5.62. The van der Waals surface area contributed by atoms with Gasteiger partial charge in [-0.2, -0.15) is 0 Å². The van der Waals surface area contributed by atoms with Gasteiger partial charge in [-0.15, -0.1) is 0 Å². The number of nitrogens with one attached hydrogen (secondary N) is 1. The molecular formula is C29H25FN2O7. The van der Waals surface area contributed by atoms with Crippen LogP contribution in [0, 0.1) is 5.82 Å². The SMILES string of the molecule is CCOC(=O)c1ccc(N2C(=O)NC(=O)/C(=C\c3ccc(OCc4ccc(F)cc4)c(OCC)c3)C2=O)cc1. The third-order valence-electron chi connectivity index (χ3n) is 5.62. The van der Waals surface area contributed by atoms with E-state index in [-0.39, 0.29) is 35.9 Å². The standard InChI is InChI=1S/C29H25FN2O7/c1-3-37-25-16-19(7-14-24(25)39-17-18-5-10-21(30)11-6-18)15-23-26(33)31-29(36)32(27(23)34)22-12-8-20(9-13-22)28(35)38-4-2/h5-16H,3-4,17H2,1-2H3,(H,31,33,36)/b23-15+. The second-order valence-corrected chi connectivity index (χ2v) is 8.28. The molecule has 4 rings (SSSR count). The van der Waals surface area contributed by atoms with E-state index in [4.69, 9.17) is 14.2 Å². The van der Waals surface area contributed by atoms with E-state index in [2.05, 4.69) is 5.32 Å². The Morgan fingerprint density at radius 2 is 1.62 bits per heavy atom. The number of halogens is 1. The van der Waals surface area contributed by atoms with Crippen LogP contribution in [0.2, 0.25) is 0 Å². The van der Waals surface area contributed by atoms with Crippen molar-refractivity contribution in [2.24, 2.45) is 0 Å². The molecule has 1 saturated heterocycles. The molecule has 0 atom stereocenters. The Kier molecular flexibility index (Phi) is 8.35. The van der Waals surface area contributed by atoms with Crippen molar-refractivity contribution < 1.29 is 37.8 Å². The van der Waals surface area contributed by atoms with Crippen molar-refractivity contribution in [1.29, 1.82) is 0 Å². The number of urea groups is 1. The molecule has 0 aliphatic carbocycles. The zero-order chi connectivity index (χ0) is 27.9. The van der Waals surface area contributed by atoms with Crippen LogP contribution in [-0.2, 0) is 20.9 Å². The van der Waals surface area contributed by atoms with Crippen LogP contribution < -0.4 is 19.7 Å². The summed E-state index contributed by atoms with van der Waals surface area (Å²) in [5.74, 6) is -1.77. The van der Waals surface area contributed by atoms with Gasteiger partial charge < -0.3 is 14.2 Å². The monoisotopic (exact) mass is 532 g/mol. The number of carbonyl (C=O) groups is 4. The Morgan fingerprint density at radius 3 is 2.28 bits per heavy atom. The highest BCUT2D eigenvalue weighted by Gasteiger charge is 2.37. The molecule has 1 heterocycles. The molecule has 200 valence electrons. The number of hydrogen-bond acceptors (Lipinski definition) is 7. The number of carbonyl (C=O) groups excluding carboxylic acids is 4. The highest BCUT2D eigenvalue weighted by Crippen LogP contribution is 2.31. The fourth-order valence-corrected chi connectivity index (χ4v) is 3.76. The molecule has 0 spiro atoms. The van der Waals surface area contributed by atoms with Crippen molar-refractivity contribution >= 4 is 35.6 Å². The van der Waals surface area contributed by atoms with E-state index in [0.29, 0.717) is 23.7 Å². The number of anilines is 1. The molecule has 10 heteroatoms. The number of barbiturate groups is 1.